The molecule has 4 nitrogen and oxygen atoms in total. The molecule has 4 N–H and O–H groups in total. The highest BCUT2D eigenvalue weighted by Crippen LogP contribution is 2.47. The summed E-state index contributed by atoms with van der Waals surface area (Å²) in [6.07, 6.45) is 3.65. The first-order valence-electron chi connectivity index (χ1n) is 7.49. The second kappa shape index (κ2) is 5.41. The second-order valence-corrected chi connectivity index (χ2v) is 7.60. The predicted molar refractivity (Wildman–Crippen MR) is 75.4 cm³/mol. The maximum absolute atomic E-state index is 12.2. The highest BCUT2D eigenvalue weighted by atomic mass is 16.3. The highest BCUT2D eigenvalue weighted by Gasteiger charge is 2.48. The van der Waals surface area contributed by atoms with Crippen molar-refractivity contribution in [1.82, 2.24) is 5.32 Å². The van der Waals surface area contributed by atoms with Gasteiger partial charge in [-0.15, -0.1) is 0 Å². The fraction of sp³-hybridized carbons (Fsp3) is 0.933. The summed E-state index contributed by atoms with van der Waals surface area (Å²) in [5.41, 5.74) is 6.23. The Morgan fingerprint density at radius 2 is 2.00 bits per heavy atom. The summed E-state index contributed by atoms with van der Waals surface area (Å²) in [5, 5.41) is 12.8. The third-order valence-electron chi connectivity index (χ3n) is 4.64. The van der Waals surface area contributed by atoms with E-state index in [4.69, 9.17) is 5.73 Å². The summed E-state index contributed by atoms with van der Waals surface area (Å²) in [6, 6.07) is 0.0264. The lowest BCUT2D eigenvalue weighted by atomic mass is 9.84. The Labute approximate surface area is 116 Å². The van der Waals surface area contributed by atoms with Gasteiger partial charge in [0, 0.05) is 12.6 Å². The molecule has 4 heteroatoms. The number of hydrogen-bond donors (Lipinski definition) is 3. The number of amides is 1. The molecule has 2 fully saturated rings. The van der Waals surface area contributed by atoms with E-state index in [0.29, 0.717) is 24.8 Å². The van der Waals surface area contributed by atoms with E-state index in [1.54, 1.807) is 0 Å². The molecule has 2 rings (SSSR count). The smallest absolute Gasteiger partial charge is 0.225 e. The number of aliphatic hydroxyl groups excluding tert-OH is 1. The van der Waals surface area contributed by atoms with Crippen LogP contribution in [-0.2, 0) is 4.79 Å². The Balaban J connectivity index is 1.79. The van der Waals surface area contributed by atoms with Gasteiger partial charge in [0.15, 0.2) is 0 Å². The molecule has 2 bridgehead atoms. The molecule has 0 radical (unpaired) electrons. The summed E-state index contributed by atoms with van der Waals surface area (Å²) in [5.74, 6) is 1.04. The van der Waals surface area contributed by atoms with Gasteiger partial charge in [-0.3, -0.25) is 4.79 Å². The Morgan fingerprint density at radius 3 is 2.53 bits per heavy atom. The number of carbonyl (C=O) groups excluding carboxylic acids is 1. The van der Waals surface area contributed by atoms with E-state index in [1.165, 1.54) is 6.42 Å². The van der Waals surface area contributed by atoms with Crippen molar-refractivity contribution in [2.75, 3.05) is 6.54 Å². The highest BCUT2D eigenvalue weighted by molar-refractivity contribution is 5.80. The molecule has 0 saturated heterocycles. The van der Waals surface area contributed by atoms with E-state index in [1.807, 2.05) is 0 Å². The van der Waals surface area contributed by atoms with E-state index in [-0.39, 0.29) is 23.3 Å². The lowest BCUT2D eigenvalue weighted by Crippen LogP contribution is -2.47. The number of nitrogens with one attached hydrogen (secondary N) is 1. The Hall–Kier alpha value is -0.610. The summed E-state index contributed by atoms with van der Waals surface area (Å²) < 4.78 is 0. The van der Waals surface area contributed by atoms with Crippen LogP contribution in [0.4, 0.5) is 0 Å². The Kier molecular flexibility index (Phi) is 4.21. The average molecular weight is 268 g/mol. The first kappa shape index (κ1) is 14.8. The van der Waals surface area contributed by atoms with E-state index in [9.17, 15) is 9.90 Å². The maximum Gasteiger partial charge on any atom is 0.225 e. The van der Waals surface area contributed by atoms with E-state index >= 15 is 0 Å². The van der Waals surface area contributed by atoms with Crippen molar-refractivity contribution < 1.29 is 9.90 Å². The summed E-state index contributed by atoms with van der Waals surface area (Å²) in [6.45, 7) is 6.61. The third-order valence-corrected chi connectivity index (χ3v) is 4.64. The van der Waals surface area contributed by atoms with Gasteiger partial charge in [-0.25, -0.2) is 0 Å². The lowest BCUT2D eigenvalue weighted by molar-refractivity contribution is -0.127. The van der Waals surface area contributed by atoms with Gasteiger partial charge in [-0.1, -0.05) is 20.8 Å². The zero-order chi connectivity index (χ0) is 14.2. The zero-order valence-corrected chi connectivity index (χ0v) is 12.4. The summed E-state index contributed by atoms with van der Waals surface area (Å²) in [4.78, 5) is 12.2. The quantitative estimate of drug-likeness (QED) is 0.719. The van der Waals surface area contributed by atoms with Crippen LogP contribution >= 0.6 is 0 Å². The van der Waals surface area contributed by atoms with Crippen LogP contribution in [0.3, 0.4) is 0 Å². The van der Waals surface area contributed by atoms with Gasteiger partial charge in [0.1, 0.15) is 0 Å². The Bertz CT molecular complexity index is 336. The number of rotatable bonds is 4. The van der Waals surface area contributed by atoms with Gasteiger partial charge in [-0.2, -0.15) is 0 Å². The van der Waals surface area contributed by atoms with Gasteiger partial charge >= 0.3 is 0 Å². The molecule has 0 heterocycles. The van der Waals surface area contributed by atoms with Gasteiger partial charge in [0.2, 0.25) is 5.91 Å². The molecule has 5 atom stereocenters. The standard InChI is InChI=1S/C15H28N2O2/c1-15(2,3)7-11(18)8-17-14(19)12-9-4-5-10(6-9)13(12)16/h9-13,18H,4-8,16H2,1-3H3,(H,17,19). The molecule has 2 aliphatic carbocycles. The van der Waals surface area contributed by atoms with Crippen molar-refractivity contribution in [3.8, 4) is 0 Å². The average Bonchev–Trinajstić information content (AvgIpc) is 2.83. The second-order valence-electron chi connectivity index (χ2n) is 7.60. The SMILES string of the molecule is CC(C)(C)CC(O)CNC(=O)C1C2CCC(C2)C1N. The van der Waals surface area contributed by atoms with E-state index in [2.05, 4.69) is 26.1 Å². The minimum Gasteiger partial charge on any atom is -0.391 e. The van der Waals surface area contributed by atoms with Gasteiger partial charge in [-0.05, 0) is 42.9 Å². The van der Waals surface area contributed by atoms with Crippen LogP contribution in [0.25, 0.3) is 0 Å². The van der Waals surface area contributed by atoms with Crippen LogP contribution in [0.1, 0.15) is 46.5 Å². The minimum atomic E-state index is -0.473. The first-order chi connectivity index (χ1) is 8.78. The third kappa shape index (κ3) is 3.48. The van der Waals surface area contributed by atoms with Crippen LogP contribution in [0.15, 0.2) is 0 Å². The molecule has 19 heavy (non-hydrogen) atoms. The number of nitrogens with two attached hydrogens (primary N) is 1. The number of aliphatic hydroxyl groups is 1. The zero-order valence-electron chi connectivity index (χ0n) is 12.4. The lowest BCUT2D eigenvalue weighted by Gasteiger charge is -2.28. The number of carbonyl (C=O) groups is 1. The van der Waals surface area contributed by atoms with Crippen LogP contribution in [0, 0.1) is 23.2 Å². The van der Waals surface area contributed by atoms with E-state index < -0.39 is 6.10 Å². The molecule has 0 aromatic carbocycles. The molecule has 0 aliphatic heterocycles. The predicted octanol–water partition coefficient (Wildman–Crippen LogP) is 1.27. The monoisotopic (exact) mass is 268 g/mol. The number of fused-ring (bicyclic) bond motifs is 2. The van der Waals surface area contributed by atoms with Crippen molar-refractivity contribution in [3.05, 3.63) is 0 Å². The van der Waals surface area contributed by atoms with Crippen molar-refractivity contribution in [1.29, 1.82) is 0 Å². The normalized spacial score (nSPS) is 35.4. The van der Waals surface area contributed by atoms with Crippen LogP contribution in [0.5, 0.6) is 0 Å². The molecule has 0 aromatic heterocycles. The minimum absolute atomic E-state index is 0.0264. The van der Waals surface area contributed by atoms with E-state index in [0.717, 1.165) is 12.8 Å². The molecule has 5 unspecified atom stereocenters. The molecule has 2 saturated carbocycles. The maximum atomic E-state index is 12.2. The van der Waals surface area contributed by atoms with Crippen molar-refractivity contribution in [3.63, 3.8) is 0 Å². The van der Waals surface area contributed by atoms with Crippen molar-refractivity contribution >= 4 is 5.91 Å². The molecule has 0 spiro atoms. The first-order valence-corrected chi connectivity index (χ1v) is 7.49. The van der Waals surface area contributed by atoms with Gasteiger partial charge in [0.05, 0.1) is 12.0 Å². The van der Waals surface area contributed by atoms with Crippen LogP contribution in [0.2, 0.25) is 0 Å². The molecule has 2 aliphatic rings. The molecule has 110 valence electrons. The van der Waals surface area contributed by atoms with Crippen molar-refractivity contribution in [2.45, 2.75) is 58.6 Å². The number of hydrogen-bond acceptors (Lipinski definition) is 3. The van der Waals surface area contributed by atoms with Crippen LogP contribution < -0.4 is 11.1 Å². The van der Waals surface area contributed by atoms with Crippen LogP contribution in [-0.4, -0.2) is 29.7 Å². The fourth-order valence-electron chi connectivity index (χ4n) is 3.84. The molecular formula is C15H28N2O2. The largest absolute Gasteiger partial charge is 0.391 e. The fourth-order valence-corrected chi connectivity index (χ4v) is 3.84. The van der Waals surface area contributed by atoms with Gasteiger partial charge in [0.25, 0.3) is 0 Å². The Morgan fingerprint density at radius 1 is 1.37 bits per heavy atom. The molecular weight excluding hydrogens is 240 g/mol. The summed E-state index contributed by atoms with van der Waals surface area (Å²) >= 11 is 0. The van der Waals surface area contributed by atoms with Gasteiger partial charge < -0.3 is 16.2 Å². The van der Waals surface area contributed by atoms with Crippen molar-refractivity contribution in [2.24, 2.45) is 28.9 Å². The molecule has 1 amide bonds. The summed E-state index contributed by atoms with van der Waals surface area (Å²) in [7, 11) is 0. The molecule has 0 aromatic rings. The topological polar surface area (TPSA) is 75.3 Å².